The van der Waals surface area contributed by atoms with Gasteiger partial charge < -0.3 is 20.1 Å². The molecule has 2 aromatic carbocycles. The number of ether oxygens (including phenoxy) is 2. The Kier molecular flexibility index (Phi) is 9.47. The van der Waals surface area contributed by atoms with E-state index in [0.717, 1.165) is 5.56 Å². The average Bonchev–Trinajstić information content (AvgIpc) is 2.76. The molecule has 3 N–H and O–H groups in total. The first-order valence-corrected chi connectivity index (χ1v) is 9.66. The Morgan fingerprint density at radius 3 is 2.55 bits per heavy atom. The number of nitrogens with one attached hydrogen (secondary N) is 3. The molecule has 0 heterocycles. The van der Waals surface area contributed by atoms with Crippen LogP contribution < -0.4 is 20.8 Å². The number of halogens is 1. The molecule has 0 aliphatic carbocycles. The normalized spacial score (nSPS) is 10.5. The second kappa shape index (κ2) is 12.3. The third-order valence-corrected chi connectivity index (χ3v) is 4.38. The summed E-state index contributed by atoms with van der Waals surface area (Å²) in [6.45, 7) is 2.17. The number of hydrogen-bond donors (Lipinski definition) is 3. The van der Waals surface area contributed by atoms with Crippen LogP contribution >= 0.6 is 11.6 Å². The van der Waals surface area contributed by atoms with E-state index in [1.807, 2.05) is 6.92 Å². The summed E-state index contributed by atoms with van der Waals surface area (Å²) < 4.78 is 10.2. The van der Waals surface area contributed by atoms with E-state index in [4.69, 9.17) is 21.1 Å². The number of carbonyl (C=O) groups is 3. The highest BCUT2D eigenvalue weighted by Crippen LogP contribution is 2.22. The topological polar surface area (TPSA) is 118 Å². The fourth-order valence-corrected chi connectivity index (χ4v) is 2.47. The summed E-state index contributed by atoms with van der Waals surface area (Å²) in [7, 11) is 1.49. The quantitative estimate of drug-likeness (QED) is 0.235. The fraction of sp³-hybridized carbons (Fsp3) is 0.238. The smallest absolute Gasteiger partial charge is 0.329 e. The lowest BCUT2D eigenvalue weighted by Crippen LogP contribution is -2.39. The van der Waals surface area contributed by atoms with Gasteiger partial charge in [0, 0.05) is 24.4 Å². The molecule has 0 aromatic heterocycles. The van der Waals surface area contributed by atoms with Crippen molar-refractivity contribution in [2.75, 3.05) is 32.2 Å². The molecule has 0 unspecified atom stereocenters. The first-order chi connectivity index (χ1) is 14.9. The number of benzene rings is 2. The van der Waals surface area contributed by atoms with E-state index < -0.39 is 11.8 Å². The second-order valence-corrected chi connectivity index (χ2v) is 6.67. The summed E-state index contributed by atoms with van der Waals surface area (Å²) in [5, 5.41) is 9.42. The largest absolute Gasteiger partial charge is 0.484 e. The number of nitrogens with zero attached hydrogens (tertiary/aromatic N) is 1. The standard InChI is InChI=1S/C21H23ClN4O5/c1-14-17(22)4-3-5-18(14)25-19(27)13-31-16-8-6-15(7-9-16)12-24-26-21(29)20(28)23-10-11-30-2/h3-9,12H,10-11,13H2,1-2H3,(H,23,28)(H,25,27)(H,26,29)/b24-12-. The lowest BCUT2D eigenvalue weighted by molar-refractivity contribution is -0.139. The van der Waals surface area contributed by atoms with E-state index in [0.29, 0.717) is 28.6 Å². The molecular weight excluding hydrogens is 424 g/mol. The van der Waals surface area contributed by atoms with E-state index in [1.54, 1.807) is 42.5 Å². The third-order valence-electron chi connectivity index (χ3n) is 3.97. The van der Waals surface area contributed by atoms with Gasteiger partial charge in [0.25, 0.3) is 5.91 Å². The summed E-state index contributed by atoms with van der Waals surface area (Å²) >= 11 is 6.04. The van der Waals surface area contributed by atoms with Gasteiger partial charge in [0.05, 0.1) is 12.8 Å². The molecule has 0 saturated carbocycles. The van der Waals surface area contributed by atoms with Gasteiger partial charge in [0.1, 0.15) is 5.75 Å². The van der Waals surface area contributed by atoms with Crippen molar-refractivity contribution < 1.29 is 23.9 Å². The molecule has 3 amide bonds. The van der Waals surface area contributed by atoms with Crippen molar-refractivity contribution in [3.63, 3.8) is 0 Å². The van der Waals surface area contributed by atoms with Crippen LogP contribution in [0.5, 0.6) is 5.75 Å². The molecule has 0 spiro atoms. The molecular formula is C21H23ClN4O5. The molecule has 31 heavy (non-hydrogen) atoms. The van der Waals surface area contributed by atoms with Crippen molar-refractivity contribution in [1.29, 1.82) is 0 Å². The van der Waals surface area contributed by atoms with E-state index in [1.165, 1.54) is 13.3 Å². The molecule has 0 fully saturated rings. The predicted molar refractivity (Wildman–Crippen MR) is 117 cm³/mol. The Balaban J connectivity index is 1.78. The summed E-state index contributed by atoms with van der Waals surface area (Å²) in [5.41, 5.74) is 4.19. The molecule has 0 saturated heterocycles. The van der Waals surface area contributed by atoms with Crippen molar-refractivity contribution in [3.8, 4) is 5.75 Å². The summed E-state index contributed by atoms with van der Waals surface area (Å²) in [6.07, 6.45) is 1.37. The predicted octanol–water partition coefficient (Wildman–Crippen LogP) is 1.88. The molecule has 164 valence electrons. The van der Waals surface area contributed by atoms with Gasteiger partial charge in [-0.15, -0.1) is 0 Å². The molecule has 0 aliphatic heterocycles. The van der Waals surface area contributed by atoms with E-state index in [2.05, 4.69) is 21.2 Å². The zero-order valence-electron chi connectivity index (χ0n) is 17.1. The first-order valence-electron chi connectivity index (χ1n) is 9.28. The summed E-state index contributed by atoms with van der Waals surface area (Å²) in [5.74, 6) is -1.52. The SMILES string of the molecule is COCCNC(=O)C(=O)N/N=C\c1ccc(OCC(=O)Nc2cccc(Cl)c2C)cc1. The monoisotopic (exact) mass is 446 g/mol. The van der Waals surface area contributed by atoms with Crippen LogP contribution in [-0.2, 0) is 19.1 Å². The van der Waals surface area contributed by atoms with Gasteiger partial charge in [-0.2, -0.15) is 5.10 Å². The molecule has 2 rings (SSSR count). The Morgan fingerprint density at radius 2 is 1.84 bits per heavy atom. The zero-order chi connectivity index (χ0) is 22.6. The molecule has 0 atom stereocenters. The number of rotatable bonds is 9. The molecule has 2 aromatic rings. The Labute approximate surface area is 184 Å². The maximum atomic E-state index is 12.1. The molecule has 10 heteroatoms. The highest BCUT2D eigenvalue weighted by molar-refractivity contribution is 6.35. The second-order valence-electron chi connectivity index (χ2n) is 6.27. The molecule has 0 radical (unpaired) electrons. The minimum absolute atomic E-state index is 0.173. The van der Waals surface area contributed by atoms with Gasteiger partial charge in [-0.05, 0) is 54.4 Å². The lowest BCUT2D eigenvalue weighted by atomic mass is 10.2. The van der Waals surface area contributed by atoms with Crippen LogP contribution in [0.2, 0.25) is 5.02 Å². The third kappa shape index (κ3) is 8.07. The van der Waals surface area contributed by atoms with Gasteiger partial charge in [-0.25, -0.2) is 5.43 Å². The summed E-state index contributed by atoms with van der Waals surface area (Å²) in [6, 6.07) is 11.9. The first kappa shape index (κ1) is 23.8. The van der Waals surface area contributed by atoms with Gasteiger partial charge in [0.15, 0.2) is 6.61 Å². The van der Waals surface area contributed by atoms with Crippen molar-refractivity contribution >= 4 is 41.2 Å². The van der Waals surface area contributed by atoms with E-state index in [9.17, 15) is 14.4 Å². The van der Waals surface area contributed by atoms with Crippen LogP contribution in [-0.4, -0.2) is 50.8 Å². The van der Waals surface area contributed by atoms with Gasteiger partial charge >= 0.3 is 11.8 Å². The number of hydrogen-bond acceptors (Lipinski definition) is 6. The maximum Gasteiger partial charge on any atom is 0.329 e. The van der Waals surface area contributed by atoms with Crippen LogP contribution in [0.25, 0.3) is 0 Å². The summed E-state index contributed by atoms with van der Waals surface area (Å²) in [4.78, 5) is 35.1. The number of carbonyl (C=O) groups excluding carboxylic acids is 3. The van der Waals surface area contributed by atoms with Crippen LogP contribution in [0.1, 0.15) is 11.1 Å². The minimum Gasteiger partial charge on any atom is -0.484 e. The van der Waals surface area contributed by atoms with E-state index in [-0.39, 0.29) is 19.1 Å². The van der Waals surface area contributed by atoms with Crippen LogP contribution in [0.15, 0.2) is 47.6 Å². The van der Waals surface area contributed by atoms with E-state index >= 15 is 0 Å². The van der Waals surface area contributed by atoms with Crippen LogP contribution in [0.3, 0.4) is 0 Å². The van der Waals surface area contributed by atoms with Crippen LogP contribution in [0, 0.1) is 6.92 Å². The Bertz CT molecular complexity index is 947. The molecule has 0 aliphatic rings. The maximum absolute atomic E-state index is 12.1. The average molecular weight is 447 g/mol. The minimum atomic E-state index is -0.881. The molecule has 0 bridgehead atoms. The van der Waals surface area contributed by atoms with Gasteiger partial charge in [-0.1, -0.05) is 17.7 Å². The van der Waals surface area contributed by atoms with Crippen molar-refractivity contribution in [2.45, 2.75) is 6.92 Å². The van der Waals surface area contributed by atoms with Gasteiger partial charge in [-0.3, -0.25) is 14.4 Å². The highest BCUT2D eigenvalue weighted by atomic mass is 35.5. The number of methoxy groups -OCH3 is 1. The Morgan fingerprint density at radius 1 is 1.10 bits per heavy atom. The highest BCUT2D eigenvalue weighted by Gasteiger charge is 2.11. The van der Waals surface area contributed by atoms with Crippen molar-refractivity contribution in [2.24, 2.45) is 5.10 Å². The van der Waals surface area contributed by atoms with Gasteiger partial charge in [0.2, 0.25) is 0 Å². The number of amides is 3. The Hall–Kier alpha value is -3.43. The number of hydrazone groups is 1. The lowest BCUT2D eigenvalue weighted by Gasteiger charge is -2.10. The van der Waals surface area contributed by atoms with Crippen molar-refractivity contribution in [1.82, 2.24) is 10.7 Å². The molecule has 9 nitrogen and oxygen atoms in total. The van der Waals surface area contributed by atoms with Crippen molar-refractivity contribution in [3.05, 3.63) is 58.6 Å². The number of anilines is 1. The zero-order valence-corrected chi connectivity index (χ0v) is 17.9. The fourth-order valence-electron chi connectivity index (χ4n) is 2.29. The van der Waals surface area contributed by atoms with Crippen LogP contribution in [0.4, 0.5) is 5.69 Å².